The lowest BCUT2D eigenvalue weighted by Crippen LogP contribution is -2.26. The standard InChI is InChI=1S/C19H22FNO3/c1-19(2,3)24-18(22)12-16(21)13-9-10-15(20)17(11-13)23-14-7-5-4-6-8-14/h4-11,16H,12,21H2,1-3H3/t16-/m0/s1. The van der Waals surface area contributed by atoms with Crippen molar-refractivity contribution in [3.63, 3.8) is 0 Å². The maximum atomic E-state index is 13.9. The van der Waals surface area contributed by atoms with Crippen LogP contribution in [0.25, 0.3) is 0 Å². The second kappa shape index (κ2) is 7.45. The van der Waals surface area contributed by atoms with E-state index in [1.54, 1.807) is 51.1 Å². The van der Waals surface area contributed by atoms with Crippen LogP contribution in [0, 0.1) is 5.82 Å². The van der Waals surface area contributed by atoms with Gasteiger partial charge in [0.2, 0.25) is 0 Å². The Kier molecular flexibility index (Phi) is 5.57. The molecule has 2 aromatic carbocycles. The molecule has 0 saturated carbocycles. The third-order valence-electron chi connectivity index (χ3n) is 3.16. The molecule has 2 rings (SSSR count). The Hall–Kier alpha value is -2.40. The predicted octanol–water partition coefficient (Wildman–Crippen LogP) is 4.35. The van der Waals surface area contributed by atoms with Crippen LogP contribution in [-0.4, -0.2) is 11.6 Å². The van der Waals surface area contributed by atoms with Crippen LogP contribution in [0.4, 0.5) is 4.39 Å². The molecule has 0 unspecified atom stereocenters. The Balaban J connectivity index is 2.11. The summed E-state index contributed by atoms with van der Waals surface area (Å²) >= 11 is 0. The van der Waals surface area contributed by atoms with E-state index < -0.39 is 23.4 Å². The first-order chi connectivity index (χ1) is 11.2. The molecule has 0 bridgehead atoms. The summed E-state index contributed by atoms with van der Waals surface area (Å²) in [6.45, 7) is 5.38. The van der Waals surface area contributed by atoms with Crippen LogP contribution in [0.15, 0.2) is 48.5 Å². The summed E-state index contributed by atoms with van der Waals surface area (Å²) in [4.78, 5) is 11.9. The summed E-state index contributed by atoms with van der Waals surface area (Å²) in [5.41, 5.74) is 6.08. The summed E-state index contributed by atoms with van der Waals surface area (Å²) < 4.78 is 24.7. The highest BCUT2D eigenvalue weighted by Crippen LogP contribution is 2.28. The SMILES string of the molecule is CC(C)(C)OC(=O)C[C@H](N)c1ccc(F)c(Oc2ccccc2)c1. The van der Waals surface area contributed by atoms with E-state index in [0.717, 1.165) is 0 Å². The number of nitrogens with two attached hydrogens (primary N) is 1. The van der Waals surface area contributed by atoms with E-state index in [0.29, 0.717) is 11.3 Å². The van der Waals surface area contributed by atoms with Gasteiger partial charge in [0, 0.05) is 6.04 Å². The van der Waals surface area contributed by atoms with Gasteiger partial charge in [-0.1, -0.05) is 24.3 Å². The Labute approximate surface area is 141 Å². The molecule has 1 atom stereocenters. The average molecular weight is 331 g/mol. The molecular weight excluding hydrogens is 309 g/mol. The molecule has 0 amide bonds. The highest BCUT2D eigenvalue weighted by atomic mass is 19.1. The number of hydrogen-bond acceptors (Lipinski definition) is 4. The van der Waals surface area contributed by atoms with E-state index in [1.165, 1.54) is 12.1 Å². The second-order valence-corrected chi connectivity index (χ2v) is 6.50. The van der Waals surface area contributed by atoms with Gasteiger partial charge in [0.25, 0.3) is 0 Å². The van der Waals surface area contributed by atoms with E-state index in [4.69, 9.17) is 15.2 Å². The van der Waals surface area contributed by atoms with Crippen molar-refractivity contribution in [2.75, 3.05) is 0 Å². The second-order valence-electron chi connectivity index (χ2n) is 6.50. The van der Waals surface area contributed by atoms with Crippen molar-refractivity contribution >= 4 is 5.97 Å². The summed E-state index contributed by atoms with van der Waals surface area (Å²) in [7, 11) is 0. The van der Waals surface area contributed by atoms with Gasteiger partial charge in [-0.05, 0) is 50.6 Å². The Morgan fingerprint density at radius 3 is 2.46 bits per heavy atom. The largest absolute Gasteiger partial charge is 0.460 e. The lowest BCUT2D eigenvalue weighted by atomic mass is 10.0. The van der Waals surface area contributed by atoms with Crippen molar-refractivity contribution in [1.29, 1.82) is 0 Å². The number of ether oxygens (including phenoxy) is 2. The molecule has 128 valence electrons. The molecule has 0 aliphatic rings. The summed E-state index contributed by atoms with van der Waals surface area (Å²) in [6, 6.07) is 12.6. The summed E-state index contributed by atoms with van der Waals surface area (Å²) in [5.74, 6) is -0.301. The first-order valence-corrected chi connectivity index (χ1v) is 7.74. The van der Waals surface area contributed by atoms with E-state index in [-0.39, 0.29) is 12.2 Å². The molecule has 0 saturated heterocycles. The normalized spacial score (nSPS) is 12.5. The first kappa shape index (κ1) is 17.9. The fourth-order valence-electron chi connectivity index (χ4n) is 2.12. The third kappa shape index (κ3) is 5.35. The molecule has 0 fully saturated rings. The molecule has 0 aromatic heterocycles. The zero-order valence-electron chi connectivity index (χ0n) is 14.1. The van der Waals surface area contributed by atoms with Gasteiger partial charge >= 0.3 is 5.97 Å². The van der Waals surface area contributed by atoms with E-state index >= 15 is 0 Å². The molecule has 0 heterocycles. The van der Waals surface area contributed by atoms with E-state index in [2.05, 4.69) is 0 Å². The van der Waals surface area contributed by atoms with Crippen LogP contribution in [-0.2, 0) is 9.53 Å². The van der Waals surface area contributed by atoms with Crippen molar-refractivity contribution in [1.82, 2.24) is 0 Å². The third-order valence-corrected chi connectivity index (χ3v) is 3.16. The first-order valence-electron chi connectivity index (χ1n) is 7.74. The van der Waals surface area contributed by atoms with Gasteiger partial charge < -0.3 is 15.2 Å². The summed E-state index contributed by atoms with van der Waals surface area (Å²) in [6.07, 6.45) is 0.00762. The van der Waals surface area contributed by atoms with Gasteiger partial charge in [-0.25, -0.2) is 4.39 Å². The fourth-order valence-corrected chi connectivity index (χ4v) is 2.12. The molecule has 4 nitrogen and oxygen atoms in total. The minimum atomic E-state index is -0.599. The van der Waals surface area contributed by atoms with Crippen LogP contribution in [0.3, 0.4) is 0 Å². The molecular formula is C19H22FNO3. The van der Waals surface area contributed by atoms with E-state index in [1.807, 2.05) is 6.07 Å². The molecule has 5 heteroatoms. The van der Waals surface area contributed by atoms with Crippen molar-refractivity contribution in [3.05, 3.63) is 59.9 Å². The number of rotatable bonds is 5. The van der Waals surface area contributed by atoms with Gasteiger partial charge in [0.05, 0.1) is 6.42 Å². The number of para-hydroxylation sites is 1. The van der Waals surface area contributed by atoms with E-state index in [9.17, 15) is 9.18 Å². The highest BCUT2D eigenvalue weighted by Gasteiger charge is 2.20. The van der Waals surface area contributed by atoms with Gasteiger partial charge in [0.1, 0.15) is 11.4 Å². The van der Waals surface area contributed by atoms with Crippen molar-refractivity contribution < 1.29 is 18.7 Å². The molecule has 24 heavy (non-hydrogen) atoms. The molecule has 0 aliphatic heterocycles. The predicted molar refractivity (Wildman–Crippen MR) is 90.3 cm³/mol. The number of esters is 1. The molecule has 0 aliphatic carbocycles. The van der Waals surface area contributed by atoms with Gasteiger partial charge in [-0.3, -0.25) is 4.79 Å². The Morgan fingerprint density at radius 2 is 1.83 bits per heavy atom. The maximum absolute atomic E-state index is 13.9. The number of benzene rings is 2. The van der Waals surface area contributed by atoms with Crippen LogP contribution >= 0.6 is 0 Å². The van der Waals surface area contributed by atoms with Crippen LogP contribution in [0.2, 0.25) is 0 Å². The minimum Gasteiger partial charge on any atom is -0.460 e. The maximum Gasteiger partial charge on any atom is 0.308 e. The van der Waals surface area contributed by atoms with Crippen LogP contribution in [0.1, 0.15) is 38.8 Å². The number of hydrogen-bond donors (Lipinski definition) is 1. The Morgan fingerprint density at radius 1 is 1.17 bits per heavy atom. The monoisotopic (exact) mass is 331 g/mol. The highest BCUT2D eigenvalue weighted by molar-refractivity contribution is 5.71. The van der Waals surface area contributed by atoms with Crippen LogP contribution < -0.4 is 10.5 Å². The van der Waals surface area contributed by atoms with Crippen molar-refractivity contribution in [2.45, 2.75) is 38.8 Å². The number of carbonyl (C=O) groups is 1. The molecule has 0 spiro atoms. The minimum absolute atomic E-state index is 0.00762. The topological polar surface area (TPSA) is 61.5 Å². The fraction of sp³-hybridized carbons (Fsp3) is 0.316. The van der Waals surface area contributed by atoms with Gasteiger partial charge in [-0.15, -0.1) is 0 Å². The molecule has 2 N–H and O–H groups in total. The van der Waals surface area contributed by atoms with Crippen molar-refractivity contribution in [2.24, 2.45) is 5.73 Å². The lowest BCUT2D eigenvalue weighted by Gasteiger charge is -2.21. The summed E-state index contributed by atoms with van der Waals surface area (Å²) in [5, 5.41) is 0. The zero-order chi connectivity index (χ0) is 17.7. The molecule has 2 aromatic rings. The molecule has 0 radical (unpaired) electrons. The quantitative estimate of drug-likeness (QED) is 0.828. The lowest BCUT2D eigenvalue weighted by molar-refractivity contribution is -0.155. The van der Waals surface area contributed by atoms with Gasteiger partial charge in [-0.2, -0.15) is 0 Å². The van der Waals surface area contributed by atoms with Crippen LogP contribution in [0.5, 0.6) is 11.5 Å². The smallest absolute Gasteiger partial charge is 0.308 e. The zero-order valence-corrected chi connectivity index (χ0v) is 14.1. The van der Waals surface area contributed by atoms with Crippen molar-refractivity contribution in [3.8, 4) is 11.5 Å². The van der Waals surface area contributed by atoms with Gasteiger partial charge in [0.15, 0.2) is 11.6 Å². The number of carbonyl (C=O) groups excluding carboxylic acids is 1. The number of halogens is 1. The average Bonchev–Trinajstić information content (AvgIpc) is 2.48. The Bertz CT molecular complexity index is 696.